The lowest BCUT2D eigenvalue weighted by atomic mass is 9.78. The minimum absolute atomic E-state index is 0.281. The maximum atomic E-state index is 6.43. The SMILES string of the molecule is CC1CCCC(C(N)Cc2nc3ccccc3s2)C1. The summed E-state index contributed by atoms with van der Waals surface area (Å²) in [6.07, 6.45) is 6.27. The largest absolute Gasteiger partial charge is 0.327 e. The van der Waals surface area contributed by atoms with Crippen LogP contribution in [0.4, 0.5) is 0 Å². The van der Waals surface area contributed by atoms with Crippen molar-refractivity contribution in [1.29, 1.82) is 0 Å². The topological polar surface area (TPSA) is 38.9 Å². The number of thiazole rings is 1. The van der Waals surface area contributed by atoms with Crippen molar-refractivity contribution in [3.05, 3.63) is 29.3 Å². The van der Waals surface area contributed by atoms with E-state index in [4.69, 9.17) is 10.7 Å². The van der Waals surface area contributed by atoms with E-state index in [9.17, 15) is 0 Å². The lowest BCUT2D eigenvalue weighted by molar-refractivity contribution is 0.245. The Kier molecular flexibility index (Phi) is 3.85. The van der Waals surface area contributed by atoms with Gasteiger partial charge in [0.15, 0.2) is 0 Å². The van der Waals surface area contributed by atoms with E-state index in [1.165, 1.54) is 35.4 Å². The Morgan fingerprint density at radius 2 is 2.21 bits per heavy atom. The van der Waals surface area contributed by atoms with Crippen molar-refractivity contribution in [1.82, 2.24) is 4.98 Å². The van der Waals surface area contributed by atoms with E-state index < -0.39 is 0 Å². The lowest BCUT2D eigenvalue weighted by Crippen LogP contribution is -2.35. The van der Waals surface area contributed by atoms with E-state index in [2.05, 4.69) is 31.2 Å². The molecule has 1 aliphatic carbocycles. The number of hydrogen-bond donors (Lipinski definition) is 1. The molecule has 1 aliphatic rings. The van der Waals surface area contributed by atoms with Crippen molar-refractivity contribution in [2.45, 2.75) is 45.1 Å². The zero-order valence-electron chi connectivity index (χ0n) is 11.5. The zero-order chi connectivity index (χ0) is 13.2. The Labute approximate surface area is 119 Å². The van der Waals surface area contributed by atoms with E-state index in [-0.39, 0.29) is 6.04 Å². The molecule has 0 bridgehead atoms. The summed E-state index contributed by atoms with van der Waals surface area (Å²) in [7, 11) is 0. The normalized spacial score (nSPS) is 25.6. The lowest BCUT2D eigenvalue weighted by Gasteiger charge is -2.30. The molecule has 3 heteroatoms. The summed E-state index contributed by atoms with van der Waals surface area (Å²) >= 11 is 1.80. The monoisotopic (exact) mass is 274 g/mol. The number of aromatic nitrogens is 1. The summed E-state index contributed by atoms with van der Waals surface area (Å²) in [5.74, 6) is 1.54. The third kappa shape index (κ3) is 2.98. The number of fused-ring (bicyclic) bond motifs is 1. The van der Waals surface area contributed by atoms with Gasteiger partial charge < -0.3 is 5.73 Å². The summed E-state index contributed by atoms with van der Waals surface area (Å²) in [5, 5.41) is 1.20. The van der Waals surface area contributed by atoms with Crippen LogP contribution in [0.5, 0.6) is 0 Å². The van der Waals surface area contributed by atoms with E-state index in [0.29, 0.717) is 5.92 Å². The second kappa shape index (κ2) is 5.59. The van der Waals surface area contributed by atoms with Crippen LogP contribution in [0.15, 0.2) is 24.3 Å². The molecule has 1 saturated carbocycles. The summed E-state index contributed by atoms with van der Waals surface area (Å²) < 4.78 is 1.28. The molecule has 2 aromatic rings. The molecule has 3 unspecified atom stereocenters. The van der Waals surface area contributed by atoms with Gasteiger partial charge in [0.25, 0.3) is 0 Å². The fourth-order valence-corrected chi connectivity index (χ4v) is 4.28. The molecule has 19 heavy (non-hydrogen) atoms. The van der Waals surface area contributed by atoms with Crippen LogP contribution in [0.3, 0.4) is 0 Å². The Morgan fingerprint density at radius 1 is 1.37 bits per heavy atom. The minimum Gasteiger partial charge on any atom is -0.327 e. The molecule has 0 radical (unpaired) electrons. The van der Waals surface area contributed by atoms with Crippen LogP contribution in [0.1, 0.15) is 37.6 Å². The van der Waals surface area contributed by atoms with Crippen molar-refractivity contribution < 1.29 is 0 Å². The molecule has 0 spiro atoms. The average molecular weight is 274 g/mol. The number of rotatable bonds is 3. The Balaban J connectivity index is 1.69. The highest BCUT2D eigenvalue weighted by molar-refractivity contribution is 7.18. The molecule has 2 N–H and O–H groups in total. The van der Waals surface area contributed by atoms with Crippen LogP contribution in [-0.2, 0) is 6.42 Å². The Hall–Kier alpha value is -0.930. The maximum absolute atomic E-state index is 6.43. The number of nitrogens with two attached hydrogens (primary N) is 1. The highest BCUT2D eigenvalue weighted by Crippen LogP contribution is 2.32. The summed E-state index contributed by atoms with van der Waals surface area (Å²) in [4.78, 5) is 4.71. The van der Waals surface area contributed by atoms with Crippen LogP contribution >= 0.6 is 11.3 Å². The Bertz CT molecular complexity index is 515. The van der Waals surface area contributed by atoms with Crippen molar-refractivity contribution in [3.8, 4) is 0 Å². The van der Waals surface area contributed by atoms with Gasteiger partial charge in [0, 0.05) is 12.5 Å². The first-order valence-electron chi connectivity index (χ1n) is 7.32. The molecule has 1 heterocycles. The van der Waals surface area contributed by atoms with Gasteiger partial charge in [-0.1, -0.05) is 31.9 Å². The van der Waals surface area contributed by atoms with Crippen molar-refractivity contribution >= 4 is 21.6 Å². The standard InChI is InChI=1S/C16H22N2S/c1-11-5-4-6-12(9-11)13(17)10-16-18-14-7-2-3-8-15(14)19-16/h2-3,7-8,11-13H,4-6,9-10,17H2,1H3. The summed E-state index contributed by atoms with van der Waals surface area (Å²) in [6.45, 7) is 2.36. The van der Waals surface area contributed by atoms with E-state index in [0.717, 1.165) is 17.9 Å². The molecule has 0 saturated heterocycles. The summed E-state index contributed by atoms with van der Waals surface area (Å²) in [5.41, 5.74) is 7.55. The molecule has 1 aromatic heterocycles. The van der Waals surface area contributed by atoms with Gasteiger partial charge in [-0.3, -0.25) is 0 Å². The highest BCUT2D eigenvalue weighted by Gasteiger charge is 2.25. The van der Waals surface area contributed by atoms with Gasteiger partial charge in [0.1, 0.15) is 0 Å². The van der Waals surface area contributed by atoms with Crippen LogP contribution in [0, 0.1) is 11.8 Å². The molecule has 0 aliphatic heterocycles. The highest BCUT2D eigenvalue weighted by atomic mass is 32.1. The van der Waals surface area contributed by atoms with Crippen molar-refractivity contribution in [3.63, 3.8) is 0 Å². The molecule has 3 rings (SSSR count). The second-order valence-corrected chi connectivity index (χ2v) is 7.09. The first-order valence-corrected chi connectivity index (χ1v) is 8.14. The first kappa shape index (κ1) is 13.1. The van der Waals surface area contributed by atoms with Gasteiger partial charge in [-0.25, -0.2) is 4.98 Å². The van der Waals surface area contributed by atoms with E-state index in [1.807, 2.05) is 0 Å². The van der Waals surface area contributed by atoms with Gasteiger partial charge in [-0.15, -0.1) is 11.3 Å². The predicted octanol–water partition coefficient (Wildman–Crippen LogP) is 3.99. The van der Waals surface area contributed by atoms with Crippen LogP contribution < -0.4 is 5.73 Å². The first-order chi connectivity index (χ1) is 9.22. The molecular weight excluding hydrogens is 252 g/mol. The molecule has 0 amide bonds. The van der Waals surface area contributed by atoms with Crippen molar-refractivity contribution in [2.75, 3.05) is 0 Å². The third-order valence-electron chi connectivity index (χ3n) is 4.33. The molecule has 1 fully saturated rings. The van der Waals surface area contributed by atoms with Gasteiger partial charge in [0.2, 0.25) is 0 Å². The number of para-hydroxylation sites is 1. The maximum Gasteiger partial charge on any atom is 0.0954 e. The molecular formula is C16H22N2S. The smallest absolute Gasteiger partial charge is 0.0954 e. The van der Waals surface area contributed by atoms with Gasteiger partial charge in [0.05, 0.1) is 15.2 Å². The van der Waals surface area contributed by atoms with Crippen LogP contribution in [0.2, 0.25) is 0 Å². The zero-order valence-corrected chi connectivity index (χ0v) is 12.3. The van der Waals surface area contributed by atoms with Gasteiger partial charge in [-0.05, 0) is 36.8 Å². The van der Waals surface area contributed by atoms with Gasteiger partial charge in [-0.2, -0.15) is 0 Å². The minimum atomic E-state index is 0.281. The fourth-order valence-electron chi connectivity index (χ4n) is 3.25. The number of nitrogens with zero attached hydrogens (tertiary/aromatic N) is 1. The third-order valence-corrected chi connectivity index (χ3v) is 5.39. The molecule has 3 atom stereocenters. The quantitative estimate of drug-likeness (QED) is 0.919. The average Bonchev–Trinajstić information content (AvgIpc) is 2.80. The fraction of sp³-hybridized carbons (Fsp3) is 0.562. The van der Waals surface area contributed by atoms with E-state index >= 15 is 0 Å². The molecule has 2 nitrogen and oxygen atoms in total. The van der Waals surface area contributed by atoms with Gasteiger partial charge >= 0.3 is 0 Å². The van der Waals surface area contributed by atoms with Crippen LogP contribution in [-0.4, -0.2) is 11.0 Å². The van der Waals surface area contributed by atoms with Crippen LogP contribution in [0.25, 0.3) is 10.2 Å². The summed E-state index contributed by atoms with van der Waals surface area (Å²) in [6, 6.07) is 8.64. The van der Waals surface area contributed by atoms with Crippen molar-refractivity contribution in [2.24, 2.45) is 17.6 Å². The number of hydrogen-bond acceptors (Lipinski definition) is 3. The van der Waals surface area contributed by atoms with E-state index in [1.54, 1.807) is 11.3 Å². The Morgan fingerprint density at radius 3 is 3.00 bits per heavy atom. The molecule has 1 aromatic carbocycles. The predicted molar refractivity (Wildman–Crippen MR) is 82.4 cm³/mol. The number of benzene rings is 1. The molecule has 102 valence electrons. The second-order valence-electron chi connectivity index (χ2n) is 5.98.